The molecular formula is C19H18ClNO4S2. The van der Waals surface area contributed by atoms with E-state index in [9.17, 15) is 9.59 Å². The Hall–Kier alpha value is -1.44. The molecule has 2 N–H and O–H groups in total. The van der Waals surface area contributed by atoms with Gasteiger partial charge in [-0.05, 0) is 55.2 Å². The van der Waals surface area contributed by atoms with Crippen LogP contribution < -0.4 is 9.61 Å². The largest absolute Gasteiger partial charge is 0.482 e. The smallest absolute Gasteiger partial charge is 0.341 e. The maximum Gasteiger partial charge on any atom is 0.341 e. The van der Waals surface area contributed by atoms with E-state index < -0.39 is 12.6 Å². The molecule has 1 aromatic heterocycles. The van der Waals surface area contributed by atoms with Crippen molar-refractivity contribution in [3.05, 3.63) is 43.3 Å². The van der Waals surface area contributed by atoms with Gasteiger partial charge in [0.1, 0.15) is 5.75 Å². The SMILES string of the molecule is O=C(O)COc1ccc(Cl)cc1[C@H]1c2sc(=O)[nH]c2S[C@@H]2[C@@H]3CC[C@@H](C3)[C@H]12. The lowest BCUT2D eigenvalue weighted by atomic mass is 9.74. The maximum absolute atomic E-state index is 12.1. The third-order valence-electron chi connectivity index (χ3n) is 6.12. The highest BCUT2D eigenvalue weighted by Crippen LogP contribution is 2.64. The second-order valence-electron chi connectivity index (χ2n) is 7.54. The summed E-state index contributed by atoms with van der Waals surface area (Å²) in [5, 5.41) is 11.1. The van der Waals surface area contributed by atoms with E-state index in [1.54, 1.807) is 12.1 Å². The molecule has 5 rings (SSSR count). The number of nitrogens with one attached hydrogen (secondary N) is 1. The predicted molar refractivity (Wildman–Crippen MR) is 105 cm³/mol. The van der Waals surface area contributed by atoms with Gasteiger partial charge in [0.25, 0.3) is 0 Å². The lowest BCUT2D eigenvalue weighted by Gasteiger charge is -2.40. The van der Waals surface area contributed by atoms with Crippen LogP contribution in [0.4, 0.5) is 0 Å². The molecular weight excluding hydrogens is 406 g/mol. The Morgan fingerprint density at radius 2 is 2.15 bits per heavy atom. The van der Waals surface area contributed by atoms with E-state index in [0.717, 1.165) is 15.5 Å². The van der Waals surface area contributed by atoms with Crippen molar-refractivity contribution < 1.29 is 14.6 Å². The second kappa shape index (κ2) is 6.57. The second-order valence-corrected chi connectivity index (χ2v) is 10.2. The molecule has 2 aromatic rings. The van der Waals surface area contributed by atoms with Gasteiger partial charge in [0.05, 0.1) is 5.03 Å². The van der Waals surface area contributed by atoms with Gasteiger partial charge in [0.15, 0.2) is 6.61 Å². The molecule has 2 bridgehead atoms. The van der Waals surface area contributed by atoms with Crippen LogP contribution in [-0.2, 0) is 4.79 Å². The number of hydrogen-bond acceptors (Lipinski definition) is 5. The predicted octanol–water partition coefficient (Wildman–Crippen LogP) is 4.21. The zero-order chi connectivity index (χ0) is 18.7. The molecule has 5 atom stereocenters. The van der Waals surface area contributed by atoms with Crippen LogP contribution in [0.2, 0.25) is 5.02 Å². The molecule has 0 unspecified atom stereocenters. The first kappa shape index (κ1) is 17.6. The van der Waals surface area contributed by atoms with Crippen molar-refractivity contribution in [2.24, 2.45) is 17.8 Å². The molecule has 1 aromatic carbocycles. The van der Waals surface area contributed by atoms with Crippen LogP contribution in [0.1, 0.15) is 35.6 Å². The molecule has 8 heteroatoms. The number of thioether (sulfide) groups is 1. The number of carbonyl (C=O) groups is 1. The molecule has 3 aliphatic rings. The van der Waals surface area contributed by atoms with Crippen molar-refractivity contribution in [1.29, 1.82) is 0 Å². The number of benzene rings is 1. The fourth-order valence-electron chi connectivity index (χ4n) is 5.23. The highest BCUT2D eigenvalue weighted by Gasteiger charge is 2.55. The Bertz CT molecular complexity index is 971. The average molecular weight is 424 g/mol. The Morgan fingerprint density at radius 1 is 1.33 bits per heavy atom. The van der Waals surface area contributed by atoms with Crippen LogP contribution in [0.5, 0.6) is 5.75 Å². The molecule has 0 spiro atoms. The number of hydrogen-bond donors (Lipinski definition) is 2. The van der Waals surface area contributed by atoms with Crippen LogP contribution in [0, 0.1) is 17.8 Å². The quantitative estimate of drug-likeness (QED) is 0.770. The highest BCUT2D eigenvalue weighted by atomic mass is 35.5. The zero-order valence-corrected chi connectivity index (χ0v) is 16.7. The van der Waals surface area contributed by atoms with E-state index in [2.05, 4.69) is 4.98 Å². The van der Waals surface area contributed by atoms with Crippen molar-refractivity contribution in [3.63, 3.8) is 0 Å². The number of carboxylic acid groups (broad SMARTS) is 1. The van der Waals surface area contributed by atoms with Crippen LogP contribution in [0.3, 0.4) is 0 Å². The van der Waals surface area contributed by atoms with E-state index in [-0.39, 0.29) is 10.8 Å². The number of halogens is 1. The van der Waals surface area contributed by atoms with Crippen LogP contribution >= 0.6 is 34.7 Å². The summed E-state index contributed by atoms with van der Waals surface area (Å²) in [6, 6.07) is 5.36. The average Bonchev–Trinajstić information content (AvgIpc) is 3.32. The van der Waals surface area contributed by atoms with Crippen molar-refractivity contribution in [2.45, 2.75) is 35.5 Å². The molecule has 2 aliphatic carbocycles. The minimum Gasteiger partial charge on any atom is -0.482 e. The third kappa shape index (κ3) is 2.91. The number of fused-ring (bicyclic) bond motifs is 6. The molecule has 0 radical (unpaired) electrons. The Balaban J connectivity index is 1.65. The normalized spacial score (nSPS) is 30.8. The van der Waals surface area contributed by atoms with Crippen LogP contribution in [0.15, 0.2) is 28.0 Å². The number of ether oxygens (including phenoxy) is 1. The fourth-order valence-corrected chi connectivity index (χ4v) is 8.30. The van der Waals surface area contributed by atoms with Gasteiger partial charge >= 0.3 is 10.8 Å². The minimum atomic E-state index is -1.01. The summed E-state index contributed by atoms with van der Waals surface area (Å²) in [6.45, 7) is -0.396. The van der Waals surface area contributed by atoms with Gasteiger partial charge in [-0.1, -0.05) is 22.9 Å². The molecule has 2 heterocycles. The van der Waals surface area contributed by atoms with Crippen LogP contribution in [-0.4, -0.2) is 27.9 Å². The third-order valence-corrected chi connectivity index (χ3v) is 8.98. The maximum atomic E-state index is 12.1. The number of aromatic nitrogens is 1. The van der Waals surface area contributed by atoms with Crippen molar-refractivity contribution in [3.8, 4) is 5.75 Å². The summed E-state index contributed by atoms with van der Waals surface area (Å²) in [4.78, 5) is 27.1. The van der Waals surface area contributed by atoms with E-state index in [0.29, 0.717) is 33.8 Å². The molecule has 1 aliphatic heterocycles. The highest BCUT2D eigenvalue weighted by molar-refractivity contribution is 8.00. The lowest BCUT2D eigenvalue weighted by Crippen LogP contribution is -2.34. The van der Waals surface area contributed by atoms with Gasteiger partial charge in [-0.2, -0.15) is 0 Å². The minimum absolute atomic E-state index is 0.0213. The summed E-state index contributed by atoms with van der Waals surface area (Å²) in [7, 11) is 0. The number of thiazole rings is 1. The Labute approximate surface area is 169 Å². The Morgan fingerprint density at radius 3 is 2.96 bits per heavy atom. The van der Waals surface area contributed by atoms with Gasteiger partial charge < -0.3 is 14.8 Å². The van der Waals surface area contributed by atoms with Gasteiger partial charge in [0.2, 0.25) is 0 Å². The Kier molecular flexibility index (Phi) is 4.29. The molecule has 0 amide bonds. The van der Waals surface area contributed by atoms with Gasteiger partial charge in [0, 0.05) is 26.6 Å². The number of rotatable bonds is 4. The summed E-state index contributed by atoms with van der Waals surface area (Å²) in [6.07, 6.45) is 3.72. The van der Waals surface area contributed by atoms with Gasteiger partial charge in [-0.25, -0.2) is 4.79 Å². The molecule has 2 fully saturated rings. The zero-order valence-electron chi connectivity index (χ0n) is 14.3. The first-order valence-corrected chi connectivity index (χ1v) is 11.1. The molecule has 2 saturated carbocycles. The van der Waals surface area contributed by atoms with E-state index in [4.69, 9.17) is 21.4 Å². The van der Waals surface area contributed by atoms with Crippen molar-refractivity contribution in [2.75, 3.05) is 6.61 Å². The summed E-state index contributed by atoms with van der Waals surface area (Å²) < 4.78 is 5.61. The first-order chi connectivity index (χ1) is 13.0. The molecule has 5 nitrogen and oxygen atoms in total. The number of carboxylic acids is 1. The number of H-pyrrole nitrogens is 1. The van der Waals surface area contributed by atoms with E-state index >= 15 is 0 Å². The van der Waals surface area contributed by atoms with Gasteiger partial charge in [-0.15, -0.1) is 11.8 Å². The molecule has 0 saturated heterocycles. The van der Waals surface area contributed by atoms with E-state index in [1.807, 2.05) is 17.8 Å². The topological polar surface area (TPSA) is 79.4 Å². The lowest BCUT2D eigenvalue weighted by molar-refractivity contribution is -0.139. The van der Waals surface area contributed by atoms with Crippen molar-refractivity contribution in [1.82, 2.24) is 4.98 Å². The van der Waals surface area contributed by atoms with Crippen LogP contribution in [0.25, 0.3) is 0 Å². The standard InChI is InChI=1S/C19H18ClNO4S2/c20-10-3-4-12(25-7-13(22)23)11(6-10)15-14-8-1-2-9(5-8)16(14)26-18-17(15)27-19(24)21-18/h3-4,6,8-9,14-16H,1-2,5,7H2,(H,21,24)(H,22,23)/t8-,9+,14+,15+,16+/m0/s1. The van der Waals surface area contributed by atoms with E-state index in [1.165, 1.54) is 30.6 Å². The van der Waals surface area contributed by atoms with Crippen molar-refractivity contribution >= 4 is 40.7 Å². The fraction of sp³-hybridized carbons (Fsp3) is 0.474. The summed E-state index contributed by atoms with van der Waals surface area (Å²) >= 11 is 9.40. The van der Waals surface area contributed by atoms with Gasteiger partial charge in [-0.3, -0.25) is 4.79 Å². The monoisotopic (exact) mass is 423 g/mol. The number of aromatic amines is 1. The number of aliphatic carboxylic acids is 1. The summed E-state index contributed by atoms with van der Waals surface area (Å²) in [5.74, 6) is 1.30. The summed E-state index contributed by atoms with van der Waals surface area (Å²) in [5.41, 5.74) is 0.906. The molecule has 142 valence electrons. The first-order valence-electron chi connectivity index (χ1n) is 9.05. The molecule has 27 heavy (non-hydrogen) atoms.